The highest BCUT2D eigenvalue weighted by Crippen LogP contribution is 2.36. The van der Waals surface area contributed by atoms with E-state index in [1.807, 2.05) is 0 Å². The summed E-state index contributed by atoms with van der Waals surface area (Å²) in [6, 6.07) is 9.56. The van der Waals surface area contributed by atoms with E-state index in [0.29, 0.717) is 16.7 Å². The lowest BCUT2D eigenvalue weighted by atomic mass is 10.2. The van der Waals surface area contributed by atoms with Crippen LogP contribution in [0.4, 0.5) is 10.3 Å². The first-order chi connectivity index (χ1) is 16.8. The van der Waals surface area contributed by atoms with Crippen LogP contribution in [0, 0.1) is 5.82 Å². The first-order valence-corrected chi connectivity index (χ1v) is 12.1. The molecule has 0 spiro atoms. The number of amides is 1. The molecule has 1 fully saturated rings. The van der Waals surface area contributed by atoms with Crippen LogP contribution in [0.3, 0.4) is 0 Å². The molecule has 0 aliphatic carbocycles. The van der Waals surface area contributed by atoms with Gasteiger partial charge < -0.3 is 25.0 Å². The Morgan fingerprint density at radius 1 is 1.20 bits per heavy atom. The molecule has 1 amide bonds. The van der Waals surface area contributed by atoms with Crippen molar-refractivity contribution in [1.82, 2.24) is 14.9 Å². The van der Waals surface area contributed by atoms with Crippen molar-refractivity contribution in [2.45, 2.75) is 16.4 Å². The maximum absolute atomic E-state index is 13.8. The Morgan fingerprint density at radius 3 is 2.66 bits per heavy atom. The van der Waals surface area contributed by atoms with Crippen LogP contribution in [0.2, 0.25) is 5.02 Å². The number of benzene rings is 2. The third kappa shape index (κ3) is 6.14. The van der Waals surface area contributed by atoms with Crippen molar-refractivity contribution in [2.24, 2.45) is 5.73 Å². The molecule has 1 saturated heterocycles. The van der Waals surface area contributed by atoms with Gasteiger partial charge in [0.1, 0.15) is 6.61 Å². The van der Waals surface area contributed by atoms with Gasteiger partial charge in [-0.25, -0.2) is 9.37 Å². The zero-order chi connectivity index (χ0) is 24.9. The third-order valence-corrected chi connectivity index (χ3v) is 6.82. The summed E-state index contributed by atoms with van der Waals surface area (Å²) in [7, 11) is 3.50. The molecule has 0 atom stereocenters. The van der Waals surface area contributed by atoms with Gasteiger partial charge in [0.05, 0.1) is 28.8 Å². The molecule has 3 aromatic rings. The molecule has 0 unspecified atom stereocenters. The number of likely N-dealkylation sites (N-methyl/N-ethyl adjacent to an activating group) is 1. The van der Waals surface area contributed by atoms with E-state index < -0.39 is 11.7 Å². The van der Waals surface area contributed by atoms with Crippen LogP contribution >= 0.6 is 23.4 Å². The lowest BCUT2D eigenvalue weighted by Crippen LogP contribution is -2.45. The molecule has 35 heavy (non-hydrogen) atoms. The summed E-state index contributed by atoms with van der Waals surface area (Å²) in [5.74, 6) is 0.0765. The van der Waals surface area contributed by atoms with Gasteiger partial charge in [-0.2, -0.15) is 4.98 Å². The lowest BCUT2D eigenvalue weighted by molar-refractivity contribution is 0.100. The number of hydrogen-bond acceptors (Lipinski definition) is 8. The van der Waals surface area contributed by atoms with E-state index in [0.717, 1.165) is 36.6 Å². The van der Waals surface area contributed by atoms with Crippen molar-refractivity contribution in [1.29, 1.82) is 0 Å². The van der Waals surface area contributed by atoms with Crippen molar-refractivity contribution in [3.63, 3.8) is 0 Å². The summed E-state index contributed by atoms with van der Waals surface area (Å²) in [6.07, 6.45) is 1.71. The minimum absolute atomic E-state index is 0.144. The second-order valence-corrected chi connectivity index (χ2v) is 9.52. The van der Waals surface area contributed by atoms with Crippen molar-refractivity contribution in [3.8, 4) is 11.6 Å². The Hall–Kier alpha value is -3.08. The molecule has 2 N–H and O–H groups in total. The molecule has 2 aromatic carbocycles. The van der Waals surface area contributed by atoms with E-state index in [2.05, 4.69) is 21.8 Å². The van der Waals surface area contributed by atoms with Gasteiger partial charge in [0, 0.05) is 31.1 Å². The Labute approximate surface area is 212 Å². The molecule has 8 nitrogen and oxygen atoms in total. The average molecular weight is 518 g/mol. The molecule has 1 aliphatic heterocycles. The number of piperazine rings is 1. The van der Waals surface area contributed by atoms with Crippen LogP contribution in [0.5, 0.6) is 11.6 Å². The Kier molecular flexibility index (Phi) is 7.94. The summed E-state index contributed by atoms with van der Waals surface area (Å²) in [5, 5.41) is 0.262. The molecule has 2 heterocycles. The minimum Gasteiger partial charge on any atom is -0.494 e. The number of rotatable bonds is 8. The highest BCUT2D eigenvalue weighted by molar-refractivity contribution is 7.99. The predicted octanol–water partition coefficient (Wildman–Crippen LogP) is 3.86. The van der Waals surface area contributed by atoms with E-state index in [9.17, 15) is 9.18 Å². The van der Waals surface area contributed by atoms with Crippen molar-refractivity contribution < 1.29 is 18.7 Å². The number of nitrogens with zero attached hydrogens (tertiary/aromatic N) is 4. The van der Waals surface area contributed by atoms with Gasteiger partial charge in [0.25, 0.3) is 0 Å². The summed E-state index contributed by atoms with van der Waals surface area (Å²) >= 11 is 7.57. The van der Waals surface area contributed by atoms with Crippen LogP contribution in [0.15, 0.2) is 52.4 Å². The van der Waals surface area contributed by atoms with E-state index in [1.54, 1.807) is 36.5 Å². The van der Waals surface area contributed by atoms with E-state index >= 15 is 0 Å². The van der Waals surface area contributed by atoms with Crippen LogP contribution in [-0.2, 0) is 6.61 Å². The van der Waals surface area contributed by atoms with Crippen LogP contribution in [0.25, 0.3) is 0 Å². The number of aromatic nitrogens is 2. The number of carbonyl (C=O) groups excluding carboxylic acids is 1. The van der Waals surface area contributed by atoms with Crippen molar-refractivity contribution in [2.75, 3.05) is 45.2 Å². The van der Waals surface area contributed by atoms with Crippen LogP contribution < -0.4 is 20.1 Å². The minimum atomic E-state index is -0.592. The highest BCUT2D eigenvalue weighted by Gasteiger charge is 2.20. The van der Waals surface area contributed by atoms with Crippen LogP contribution in [0.1, 0.15) is 15.9 Å². The molecule has 0 saturated carbocycles. The molecule has 1 aromatic heterocycles. The lowest BCUT2D eigenvalue weighted by Gasteiger charge is -2.32. The number of carbonyl (C=O) groups is 1. The van der Waals surface area contributed by atoms with Gasteiger partial charge in [-0.1, -0.05) is 29.4 Å². The zero-order valence-corrected chi connectivity index (χ0v) is 20.9. The first-order valence-electron chi connectivity index (χ1n) is 10.9. The molecule has 1 aliphatic rings. The zero-order valence-electron chi connectivity index (χ0n) is 19.3. The molecular weight excluding hydrogens is 493 g/mol. The molecule has 0 bridgehead atoms. The maximum atomic E-state index is 13.8. The fourth-order valence-electron chi connectivity index (χ4n) is 3.51. The first kappa shape index (κ1) is 25.0. The smallest absolute Gasteiger partial charge is 0.250 e. The Morgan fingerprint density at radius 2 is 1.97 bits per heavy atom. The Balaban J connectivity index is 1.60. The van der Waals surface area contributed by atoms with Crippen molar-refractivity contribution >= 4 is 35.2 Å². The summed E-state index contributed by atoms with van der Waals surface area (Å²) in [5.41, 5.74) is 6.33. The summed E-state index contributed by atoms with van der Waals surface area (Å²) < 4.78 is 25.0. The number of ether oxygens (including phenoxy) is 2. The summed E-state index contributed by atoms with van der Waals surface area (Å²) in [4.78, 5) is 26.6. The normalized spacial score (nSPS) is 14.1. The van der Waals surface area contributed by atoms with E-state index in [4.69, 9.17) is 31.8 Å². The van der Waals surface area contributed by atoms with Gasteiger partial charge >= 0.3 is 0 Å². The number of primary amides is 1. The fraction of sp³-hybridized carbons (Fsp3) is 0.292. The number of methoxy groups -OCH3 is 1. The monoisotopic (exact) mass is 517 g/mol. The van der Waals surface area contributed by atoms with E-state index in [1.165, 1.54) is 24.9 Å². The number of anilines is 1. The quantitative estimate of drug-likeness (QED) is 0.481. The van der Waals surface area contributed by atoms with Crippen molar-refractivity contribution in [3.05, 3.63) is 64.6 Å². The third-order valence-electron chi connectivity index (χ3n) is 5.52. The molecule has 11 heteroatoms. The molecular formula is C24H25ClFN5O3S. The predicted molar refractivity (Wildman–Crippen MR) is 133 cm³/mol. The van der Waals surface area contributed by atoms with E-state index in [-0.39, 0.29) is 22.9 Å². The molecule has 184 valence electrons. The average Bonchev–Trinajstić information content (AvgIpc) is 2.84. The number of halogens is 2. The molecule has 0 radical (unpaired) electrons. The van der Waals surface area contributed by atoms with Gasteiger partial charge in [-0.3, -0.25) is 4.79 Å². The Bertz CT molecular complexity index is 1220. The van der Waals surface area contributed by atoms with Gasteiger partial charge in [-0.05, 0) is 42.9 Å². The second kappa shape index (κ2) is 11.1. The molecule has 4 rings (SSSR count). The van der Waals surface area contributed by atoms with Gasteiger partial charge in [-0.15, -0.1) is 0 Å². The standard InChI is InChI=1S/C24H25ClFN5O3S/c1-30-7-9-31(10-8-30)24-28-13-21(35-16-4-5-17(22(27)32)18(25)12-16)23(29-24)34-14-15-3-6-19(26)20(11-15)33-2/h3-6,11-13H,7-10,14H2,1-2H3,(H2,27,32). The SMILES string of the molecule is COc1cc(COc2nc(N3CCN(C)CC3)ncc2Sc2ccc(C(N)=O)c(Cl)c2)ccc1F. The van der Waals surface area contributed by atoms with Gasteiger partial charge in [0.2, 0.25) is 17.7 Å². The summed E-state index contributed by atoms with van der Waals surface area (Å²) in [6.45, 7) is 3.60. The fourth-order valence-corrected chi connectivity index (χ4v) is 4.71. The van der Waals surface area contributed by atoms with Crippen LogP contribution in [-0.4, -0.2) is 61.1 Å². The second-order valence-electron chi connectivity index (χ2n) is 8.00. The highest BCUT2D eigenvalue weighted by atomic mass is 35.5. The maximum Gasteiger partial charge on any atom is 0.250 e. The topological polar surface area (TPSA) is 93.8 Å². The number of nitrogens with two attached hydrogens (primary N) is 1. The van der Waals surface area contributed by atoms with Gasteiger partial charge in [0.15, 0.2) is 11.6 Å². The number of hydrogen-bond donors (Lipinski definition) is 1. The largest absolute Gasteiger partial charge is 0.494 e.